The number of hydrogen-bond acceptors (Lipinski definition) is 5. The van der Waals surface area contributed by atoms with E-state index in [2.05, 4.69) is 5.32 Å². The average molecular weight is 495 g/mol. The van der Waals surface area contributed by atoms with Crippen LogP contribution in [0.25, 0.3) is 0 Å². The van der Waals surface area contributed by atoms with Crippen molar-refractivity contribution in [2.24, 2.45) is 5.92 Å². The molecule has 1 N–H and O–H groups in total. The molecule has 0 spiro atoms. The minimum Gasteiger partial charge on any atom is -0.493 e. The quantitative estimate of drug-likeness (QED) is 0.607. The zero-order valence-electron chi connectivity index (χ0n) is 19.9. The maximum absolute atomic E-state index is 13.0. The summed E-state index contributed by atoms with van der Waals surface area (Å²) in [6.07, 6.45) is -4.00. The molecule has 0 saturated carbocycles. The molecule has 0 aliphatic carbocycles. The highest BCUT2D eigenvalue weighted by atomic mass is 19.4. The maximum Gasteiger partial charge on any atom is 0.416 e. The highest BCUT2D eigenvalue weighted by molar-refractivity contribution is 5.82. The molecule has 2 amide bonds. The van der Waals surface area contributed by atoms with Gasteiger partial charge >= 0.3 is 6.18 Å². The molecule has 0 radical (unpaired) electrons. The van der Waals surface area contributed by atoms with Crippen molar-refractivity contribution in [3.8, 4) is 11.5 Å². The van der Waals surface area contributed by atoms with Gasteiger partial charge in [-0.1, -0.05) is 18.2 Å². The highest BCUT2D eigenvalue weighted by Gasteiger charge is 2.35. The molecular formula is C25H29F3N2O5. The molecule has 2 aromatic rings. The summed E-state index contributed by atoms with van der Waals surface area (Å²) in [6.45, 7) is 0.430. The second kappa shape index (κ2) is 11.4. The first kappa shape index (κ1) is 26.3. The first-order valence-corrected chi connectivity index (χ1v) is 11.1. The first-order valence-electron chi connectivity index (χ1n) is 11.1. The van der Waals surface area contributed by atoms with Gasteiger partial charge in [0.05, 0.1) is 25.7 Å². The van der Waals surface area contributed by atoms with Crippen molar-refractivity contribution < 1.29 is 37.0 Å². The predicted molar refractivity (Wildman–Crippen MR) is 122 cm³/mol. The summed E-state index contributed by atoms with van der Waals surface area (Å²) in [5.41, 5.74) is 0.452. The summed E-state index contributed by atoms with van der Waals surface area (Å²) in [6, 6.07) is 10.3. The van der Waals surface area contributed by atoms with Crippen LogP contribution in [0, 0.1) is 5.92 Å². The van der Waals surface area contributed by atoms with E-state index in [9.17, 15) is 22.8 Å². The fourth-order valence-electron chi connectivity index (χ4n) is 4.25. The van der Waals surface area contributed by atoms with Crippen LogP contribution in [0.1, 0.15) is 29.0 Å². The largest absolute Gasteiger partial charge is 0.493 e. The van der Waals surface area contributed by atoms with E-state index in [4.69, 9.17) is 14.2 Å². The van der Waals surface area contributed by atoms with Gasteiger partial charge in [0.2, 0.25) is 11.8 Å². The Kier molecular flexibility index (Phi) is 8.61. The third kappa shape index (κ3) is 6.66. The second-order valence-electron chi connectivity index (χ2n) is 8.39. The van der Waals surface area contributed by atoms with Crippen molar-refractivity contribution in [1.82, 2.24) is 10.2 Å². The van der Waals surface area contributed by atoms with E-state index >= 15 is 0 Å². The number of ether oxygens (including phenoxy) is 3. The predicted octanol–water partition coefficient (Wildman–Crippen LogP) is 3.62. The van der Waals surface area contributed by atoms with E-state index in [1.165, 1.54) is 33.5 Å². The third-order valence-electron chi connectivity index (χ3n) is 6.04. The Morgan fingerprint density at radius 1 is 1.03 bits per heavy atom. The van der Waals surface area contributed by atoms with Crippen molar-refractivity contribution in [2.45, 2.75) is 25.1 Å². The minimum atomic E-state index is -4.46. The van der Waals surface area contributed by atoms with E-state index in [0.29, 0.717) is 30.0 Å². The fraction of sp³-hybridized carbons (Fsp3) is 0.440. The number of carbonyl (C=O) groups is 2. The van der Waals surface area contributed by atoms with Crippen molar-refractivity contribution in [3.05, 3.63) is 59.2 Å². The molecule has 1 aliphatic heterocycles. The lowest BCUT2D eigenvalue weighted by molar-refractivity contribution is -0.139. The van der Waals surface area contributed by atoms with Crippen LogP contribution >= 0.6 is 0 Å². The molecule has 2 aromatic carbocycles. The molecule has 190 valence electrons. The maximum atomic E-state index is 13.0. The summed E-state index contributed by atoms with van der Waals surface area (Å²) in [7, 11) is 4.49. The number of nitrogens with zero attached hydrogens (tertiary/aromatic N) is 1. The number of likely N-dealkylation sites (tertiary alicyclic amines) is 1. The van der Waals surface area contributed by atoms with Gasteiger partial charge in [-0.25, -0.2) is 0 Å². The van der Waals surface area contributed by atoms with Gasteiger partial charge in [-0.2, -0.15) is 13.2 Å². The number of halogens is 3. The number of hydrogen-bond donors (Lipinski definition) is 1. The summed E-state index contributed by atoms with van der Waals surface area (Å²) in [4.78, 5) is 27.2. The first-order chi connectivity index (χ1) is 16.7. The van der Waals surface area contributed by atoms with E-state index in [0.717, 1.165) is 17.7 Å². The Balaban J connectivity index is 1.77. The number of methoxy groups -OCH3 is 3. The lowest BCUT2D eigenvalue weighted by Crippen LogP contribution is -2.48. The summed E-state index contributed by atoms with van der Waals surface area (Å²) in [5, 5.41) is 2.73. The highest BCUT2D eigenvalue weighted by Crippen LogP contribution is 2.36. The Morgan fingerprint density at radius 2 is 1.77 bits per heavy atom. The zero-order valence-corrected chi connectivity index (χ0v) is 19.9. The molecule has 35 heavy (non-hydrogen) atoms. The van der Waals surface area contributed by atoms with Crippen LogP contribution < -0.4 is 14.8 Å². The molecule has 1 aliphatic rings. The van der Waals surface area contributed by atoms with Crippen LogP contribution in [0.5, 0.6) is 11.5 Å². The molecule has 10 heteroatoms. The molecular weight excluding hydrogens is 465 g/mol. The van der Waals surface area contributed by atoms with Crippen LogP contribution in [0.2, 0.25) is 0 Å². The SMILES string of the molecule is COCC(=O)N1C[C@@H](C(=O)NCc2cccc(C(F)(F)F)c2)C[C@@H](c2ccc(OC)c(OC)c2)C1. The van der Waals surface area contributed by atoms with Crippen LogP contribution in [0.4, 0.5) is 13.2 Å². The Bertz CT molecular complexity index is 1040. The molecule has 0 aromatic heterocycles. The summed E-state index contributed by atoms with van der Waals surface area (Å²) in [5.74, 6) is -0.177. The van der Waals surface area contributed by atoms with Gasteiger partial charge in [0.1, 0.15) is 6.61 Å². The zero-order chi connectivity index (χ0) is 25.6. The van der Waals surface area contributed by atoms with Gasteiger partial charge in [-0.05, 0) is 41.8 Å². The summed E-state index contributed by atoms with van der Waals surface area (Å²) >= 11 is 0. The summed E-state index contributed by atoms with van der Waals surface area (Å²) < 4.78 is 54.6. The van der Waals surface area contributed by atoms with Crippen molar-refractivity contribution >= 4 is 11.8 Å². The van der Waals surface area contributed by atoms with Crippen molar-refractivity contribution in [1.29, 1.82) is 0 Å². The smallest absolute Gasteiger partial charge is 0.416 e. The standard InChI is InChI=1S/C25H29F3N2O5/c1-33-15-23(31)30-13-18(17-7-8-21(34-2)22(11-17)35-3)10-19(14-30)24(32)29-12-16-5-4-6-20(9-16)25(26,27)28/h4-9,11,18-19H,10,12-15H2,1-3H3,(H,29,32)/t18-,19+/m1/s1. The number of rotatable bonds is 8. The second-order valence-corrected chi connectivity index (χ2v) is 8.39. The molecule has 1 heterocycles. The molecule has 2 atom stereocenters. The van der Waals surface area contributed by atoms with E-state index in [1.807, 2.05) is 12.1 Å². The van der Waals surface area contributed by atoms with Gasteiger partial charge in [0, 0.05) is 32.7 Å². The Labute approximate surface area is 202 Å². The van der Waals surface area contributed by atoms with Crippen LogP contribution in [0.15, 0.2) is 42.5 Å². The molecule has 1 saturated heterocycles. The van der Waals surface area contributed by atoms with E-state index < -0.39 is 17.7 Å². The number of piperidine rings is 1. The molecule has 3 rings (SSSR count). The van der Waals surface area contributed by atoms with Crippen molar-refractivity contribution in [3.63, 3.8) is 0 Å². The van der Waals surface area contributed by atoms with E-state index in [1.54, 1.807) is 11.0 Å². The number of amides is 2. The third-order valence-corrected chi connectivity index (χ3v) is 6.04. The topological polar surface area (TPSA) is 77.1 Å². The molecule has 0 unspecified atom stereocenters. The Morgan fingerprint density at radius 3 is 2.43 bits per heavy atom. The number of nitrogens with one attached hydrogen (secondary N) is 1. The number of alkyl halides is 3. The van der Waals surface area contributed by atoms with Gasteiger partial charge in [0.25, 0.3) is 0 Å². The fourth-order valence-corrected chi connectivity index (χ4v) is 4.25. The van der Waals surface area contributed by atoms with E-state index in [-0.39, 0.29) is 37.4 Å². The number of benzene rings is 2. The van der Waals surface area contributed by atoms with Crippen LogP contribution in [0.3, 0.4) is 0 Å². The Hall–Kier alpha value is -3.27. The van der Waals surface area contributed by atoms with Gasteiger partial charge < -0.3 is 24.4 Å². The minimum absolute atomic E-state index is 0.0493. The molecule has 1 fully saturated rings. The molecule has 7 nitrogen and oxygen atoms in total. The average Bonchev–Trinajstić information content (AvgIpc) is 2.86. The number of carbonyl (C=O) groups excluding carboxylic acids is 2. The van der Waals surface area contributed by atoms with Crippen molar-refractivity contribution in [2.75, 3.05) is 41.0 Å². The van der Waals surface area contributed by atoms with Gasteiger partial charge in [-0.15, -0.1) is 0 Å². The van der Waals surface area contributed by atoms with Gasteiger partial charge in [-0.3, -0.25) is 9.59 Å². The lowest BCUT2D eigenvalue weighted by Gasteiger charge is -2.37. The normalized spacial score (nSPS) is 18.2. The lowest BCUT2D eigenvalue weighted by atomic mass is 9.83. The molecule has 0 bridgehead atoms. The van der Waals surface area contributed by atoms with Gasteiger partial charge in [0.15, 0.2) is 11.5 Å². The van der Waals surface area contributed by atoms with Crippen LogP contribution in [-0.2, 0) is 27.0 Å². The monoisotopic (exact) mass is 494 g/mol. The van der Waals surface area contributed by atoms with Crippen LogP contribution in [-0.4, -0.2) is 57.7 Å².